The van der Waals surface area contributed by atoms with Crippen molar-refractivity contribution in [3.05, 3.63) is 200 Å². The molecular formula is C50H33NS. The quantitative estimate of drug-likeness (QED) is 0.168. The molecular weight excluding hydrogens is 647 g/mol. The highest BCUT2D eigenvalue weighted by Gasteiger charge is 2.16. The normalized spacial score (nSPS) is 13.6. The second kappa shape index (κ2) is 12.7. The number of nitrogens with zero attached hydrogens (tertiary/aromatic N) is 1. The van der Waals surface area contributed by atoms with E-state index in [9.17, 15) is 11.0 Å². The molecule has 1 nitrogen and oxygen atoms in total. The largest absolute Gasteiger partial charge is 0.310 e. The Morgan fingerprint density at radius 3 is 1.48 bits per heavy atom. The fourth-order valence-corrected chi connectivity index (χ4v) is 8.18. The number of thiophene rings is 1. The number of rotatable bonds is 6. The Morgan fingerprint density at radius 2 is 0.846 bits per heavy atom. The molecule has 1 heterocycles. The molecule has 0 aliphatic rings. The molecule has 10 rings (SSSR count). The summed E-state index contributed by atoms with van der Waals surface area (Å²) in [4.78, 5) is 1.38. The first-order valence-corrected chi connectivity index (χ1v) is 17.9. The van der Waals surface area contributed by atoms with Crippen molar-refractivity contribution in [1.82, 2.24) is 0 Å². The van der Waals surface area contributed by atoms with Crippen molar-refractivity contribution in [3.63, 3.8) is 0 Å². The fraction of sp³-hybridized carbons (Fsp3) is 0. The Bertz CT molecular complexity index is 3180. The van der Waals surface area contributed by atoms with Gasteiger partial charge in [-0.2, -0.15) is 0 Å². The number of fused-ring (bicyclic) bond motifs is 5. The van der Waals surface area contributed by atoms with Crippen LogP contribution >= 0.6 is 11.3 Å². The van der Waals surface area contributed by atoms with Crippen LogP contribution in [0, 0.1) is 0 Å². The SMILES string of the molecule is [2H]c1c([2H])c(N(c2cccc(-c3ccc4sc5ccccc5c4c3)c2)c2c([2H])c([2H])c(-c3cccc4ccccc34)c([2H])c2[2H])c([2H])c([2H])c1-c1cccc2ccccc12. The molecule has 0 atom stereocenters. The molecule has 0 amide bonds. The summed E-state index contributed by atoms with van der Waals surface area (Å²) in [5.74, 6) is 0. The molecule has 0 saturated carbocycles. The van der Waals surface area contributed by atoms with Crippen LogP contribution in [0.15, 0.2) is 200 Å². The van der Waals surface area contributed by atoms with E-state index in [0.717, 1.165) is 48.1 Å². The van der Waals surface area contributed by atoms with Gasteiger partial charge in [-0.15, -0.1) is 11.3 Å². The molecule has 52 heavy (non-hydrogen) atoms. The molecule has 0 aliphatic heterocycles. The van der Waals surface area contributed by atoms with Crippen molar-refractivity contribution in [2.24, 2.45) is 0 Å². The average Bonchev–Trinajstić information content (AvgIpc) is 3.65. The Labute approximate surface area is 318 Å². The number of benzene rings is 9. The van der Waals surface area contributed by atoms with Crippen molar-refractivity contribution in [1.29, 1.82) is 0 Å². The van der Waals surface area contributed by atoms with Crippen molar-refractivity contribution in [3.8, 4) is 33.4 Å². The lowest BCUT2D eigenvalue weighted by atomic mass is 9.97. The minimum Gasteiger partial charge on any atom is -0.310 e. The summed E-state index contributed by atoms with van der Waals surface area (Å²) >= 11 is 1.72. The standard InChI is InChI=1S/C50H33NS/c1-3-16-43-34(10-1)12-8-19-45(43)36-22-27-40(28-23-36)51(41-29-24-37(25-30-41)46-20-9-13-35-11-2-4-17-44(35)46)42-15-7-14-38(32-42)39-26-31-50-48(33-39)47-18-5-6-21-49(47)52-50/h1-33H/i22D,23D,24D,25D,27D,28D,29D,30D. The van der Waals surface area contributed by atoms with Gasteiger partial charge >= 0.3 is 0 Å². The van der Waals surface area contributed by atoms with Gasteiger partial charge in [0.1, 0.15) is 0 Å². The van der Waals surface area contributed by atoms with E-state index in [-0.39, 0.29) is 70.8 Å². The Morgan fingerprint density at radius 1 is 0.346 bits per heavy atom. The summed E-state index contributed by atoms with van der Waals surface area (Å²) in [6.07, 6.45) is 0. The molecule has 0 unspecified atom stereocenters. The van der Waals surface area contributed by atoms with Gasteiger partial charge in [0.2, 0.25) is 0 Å². The van der Waals surface area contributed by atoms with Crippen LogP contribution in [0.2, 0.25) is 0 Å². The van der Waals surface area contributed by atoms with Gasteiger partial charge in [0.25, 0.3) is 0 Å². The molecule has 244 valence electrons. The molecule has 1 aromatic heterocycles. The van der Waals surface area contributed by atoms with E-state index in [1.807, 2.05) is 109 Å². The van der Waals surface area contributed by atoms with E-state index < -0.39 is 0 Å². The lowest BCUT2D eigenvalue weighted by molar-refractivity contribution is 1.28. The van der Waals surface area contributed by atoms with Crippen molar-refractivity contribution in [2.75, 3.05) is 4.90 Å². The van der Waals surface area contributed by atoms with Gasteiger partial charge < -0.3 is 4.90 Å². The van der Waals surface area contributed by atoms with E-state index in [1.165, 1.54) is 9.60 Å². The maximum Gasteiger partial charge on any atom is 0.0645 e. The minimum atomic E-state index is -0.384. The number of anilines is 3. The van der Waals surface area contributed by atoms with E-state index in [4.69, 9.17) is 0 Å². The topological polar surface area (TPSA) is 3.24 Å². The van der Waals surface area contributed by atoms with Crippen LogP contribution in [0.5, 0.6) is 0 Å². The first-order valence-electron chi connectivity index (χ1n) is 21.1. The molecule has 9 aromatic carbocycles. The highest BCUT2D eigenvalue weighted by Crippen LogP contribution is 2.41. The van der Waals surface area contributed by atoms with E-state index in [0.29, 0.717) is 16.8 Å². The highest BCUT2D eigenvalue weighted by molar-refractivity contribution is 7.25. The Kier molecular flexibility index (Phi) is 5.63. The van der Waals surface area contributed by atoms with E-state index in [1.54, 1.807) is 29.5 Å². The van der Waals surface area contributed by atoms with Gasteiger partial charge in [-0.25, -0.2) is 0 Å². The van der Waals surface area contributed by atoms with E-state index >= 15 is 0 Å². The van der Waals surface area contributed by atoms with Gasteiger partial charge in [-0.3, -0.25) is 0 Å². The third-order valence-corrected chi connectivity index (χ3v) is 10.8. The lowest BCUT2D eigenvalue weighted by Crippen LogP contribution is -2.10. The lowest BCUT2D eigenvalue weighted by Gasteiger charge is -2.26. The molecule has 0 aliphatic carbocycles. The maximum absolute atomic E-state index is 9.59. The predicted molar refractivity (Wildman–Crippen MR) is 225 cm³/mol. The second-order valence-electron chi connectivity index (χ2n) is 12.7. The van der Waals surface area contributed by atoms with Gasteiger partial charge in [-0.05, 0) is 109 Å². The van der Waals surface area contributed by atoms with Crippen LogP contribution in [0.3, 0.4) is 0 Å². The highest BCUT2D eigenvalue weighted by atomic mass is 32.1. The van der Waals surface area contributed by atoms with Crippen molar-refractivity contribution in [2.45, 2.75) is 0 Å². The Hall–Kier alpha value is -6.48. The van der Waals surface area contributed by atoms with Gasteiger partial charge in [0.15, 0.2) is 0 Å². The zero-order valence-corrected chi connectivity index (χ0v) is 28.6. The third kappa shape index (κ3) is 5.33. The van der Waals surface area contributed by atoms with Crippen LogP contribution in [-0.4, -0.2) is 0 Å². The first-order chi connectivity index (χ1) is 29.1. The van der Waals surface area contributed by atoms with Crippen molar-refractivity contribution < 1.29 is 11.0 Å². The van der Waals surface area contributed by atoms with Crippen LogP contribution in [0.1, 0.15) is 11.0 Å². The van der Waals surface area contributed by atoms with E-state index in [2.05, 4.69) is 24.3 Å². The van der Waals surface area contributed by atoms with Gasteiger partial charge in [0.05, 0.1) is 11.0 Å². The van der Waals surface area contributed by atoms with Crippen LogP contribution < -0.4 is 4.90 Å². The predicted octanol–water partition coefficient (Wildman–Crippen LogP) is 14.8. The smallest absolute Gasteiger partial charge is 0.0645 e. The van der Waals surface area contributed by atoms with Crippen LogP contribution in [0.4, 0.5) is 17.1 Å². The zero-order valence-electron chi connectivity index (χ0n) is 35.8. The molecule has 10 aromatic rings. The summed E-state index contributed by atoms with van der Waals surface area (Å²) in [5, 5.41) is 5.56. The summed E-state index contributed by atoms with van der Waals surface area (Å²) in [6.45, 7) is 0. The summed E-state index contributed by atoms with van der Waals surface area (Å²) in [6, 6.07) is 45.4. The second-order valence-corrected chi connectivity index (χ2v) is 13.8. The fourth-order valence-electron chi connectivity index (χ4n) is 7.09. The maximum atomic E-state index is 9.59. The summed E-state index contributed by atoms with van der Waals surface area (Å²) < 4.78 is 78.5. The Balaban J connectivity index is 1.23. The zero-order chi connectivity index (χ0) is 41.4. The summed E-state index contributed by atoms with van der Waals surface area (Å²) in [5.41, 5.74) is 2.98. The minimum absolute atomic E-state index is 0.126. The molecule has 0 N–H and O–H groups in total. The number of hydrogen-bond donors (Lipinski definition) is 0. The number of hydrogen-bond acceptors (Lipinski definition) is 2. The molecule has 2 heteroatoms. The van der Waals surface area contributed by atoms with Crippen LogP contribution in [0.25, 0.3) is 75.1 Å². The molecule has 0 saturated heterocycles. The van der Waals surface area contributed by atoms with Gasteiger partial charge in [0, 0.05) is 37.2 Å². The molecule has 0 spiro atoms. The first kappa shape index (κ1) is 23.1. The molecule has 0 fully saturated rings. The summed E-state index contributed by atoms with van der Waals surface area (Å²) in [7, 11) is 0. The van der Waals surface area contributed by atoms with Crippen molar-refractivity contribution >= 4 is 70.1 Å². The monoisotopic (exact) mass is 687 g/mol. The van der Waals surface area contributed by atoms with Crippen LogP contribution in [-0.2, 0) is 0 Å². The molecule has 0 radical (unpaired) electrons. The molecule has 0 bridgehead atoms. The average molecular weight is 688 g/mol. The van der Waals surface area contributed by atoms with Gasteiger partial charge in [-0.1, -0.05) is 145 Å². The third-order valence-electron chi connectivity index (χ3n) is 9.60.